The van der Waals surface area contributed by atoms with E-state index in [2.05, 4.69) is 20.9 Å². The van der Waals surface area contributed by atoms with Crippen molar-refractivity contribution >= 4 is 11.0 Å². The average molecular weight is 404 g/mol. The van der Waals surface area contributed by atoms with Crippen LogP contribution in [0.1, 0.15) is 41.7 Å². The van der Waals surface area contributed by atoms with Crippen molar-refractivity contribution in [3.8, 4) is 0 Å². The van der Waals surface area contributed by atoms with E-state index in [-0.39, 0.29) is 11.9 Å². The fraction of sp³-hybridized carbons (Fsp3) is 0.348. The summed E-state index contributed by atoms with van der Waals surface area (Å²) in [6.45, 7) is 1.47. The summed E-state index contributed by atoms with van der Waals surface area (Å²) in [4.78, 5) is 19.3. The van der Waals surface area contributed by atoms with Gasteiger partial charge in [0.15, 0.2) is 0 Å². The third-order valence-electron chi connectivity index (χ3n) is 6.10. The number of imidazole rings is 2. The number of rotatable bonds is 6. The Morgan fingerprint density at radius 2 is 2.17 bits per heavy atom. The number of benzene rings is 1. The first kappa shape index (κ1) is 18.9. The molecule has 6 nitrogen and oxygen atoms in total. The number of aromatic nitrogens is 5. The van der Waals surface area contributed by atoms with Gasteiger partial charge in [-0.15, -0.1) is 0 Å². The fourth-order valence-electron chi connectivity index (χ4n) is 4.56. The Hall–Kier alpha value is -3.06. The van der Waals surface area contributed by atoms with Gasteiger partial charge in [-0.1, -0.05) is 12.1 Å². The minimum Gasteiger partial charge on any atom is -0.351 e. The molecule has 0 bridgehead atoms. The molecule has 7 heteroatoms. The SMILES string of the molecule is Cn1c(CN(CCc2c[nH]cn2)[C@H]2CCCc3cccnc32)nc2cccc(F)c21. The van der Waals surface area contributed by atoms with Crippen LogP contribution in [0.3, 0.4) is 0 Å². The van der Waals surface area contributed by atoms with E-state index in [1.807, 2.05) is 36.1 Å². The summed E-state index contributed by atoms with van der Waals surface area (Å²) in [6.07, 6.45) is 9.64. The Morgan fingerprint density at radius 3 is 3.00 bits per heavy atom. The number of aromatic amines is 1. The standard InChI is InChI=1S/C23H25FN6/c1-29-21(28-19-8-3-7-18(24)23(19)29)14-30(12-10-17-13-25-15-27-17)20-9-2-5-16-6-4-11-26-22(16)20/h3-4,6-8,11,13,15,20H,2,5,9-10,12,14H2,1H3,(H,25,27)/t20-/m0/s1. The summed E-state index contributed by atoms with van der Waals surface area (Å²) < 4.78 is 16.3. The number of halogens is 1. The minimum atomic E-state index is -0.235. The van der Waals surface area contributed by atoms with Crippen LogP contribution in [0.4, 0.5) is 4.39 Å². The molecule has 1 N–H and O–H groups in total. The lowest BCUT2D eigenvalue weighted by Gasteiger charge is -2.34. The molecule has 0 aliphatic heterocycles. The number of aryl methyl sites for hydroxylation is 2. The van der Waals surface area contributed by atoms with Gasteiger partial charge in [-0.25, -0.2) is 14.4 Å². The van der Waals surface area contributed by atoms with Crippen molar-refractivity contribution in [1.29, 1.82) is 0 Å². The second kappa shape index (κ2) is 7.99. The maximum atomic E-state index is 14.4. The van der Waals surface area contributed by atoms with E-state index in [0.29, 0.717) is 17.6 Å². The largest absolute Gasteiger partial charge is 0.351 e. The van der Waals surface area contributed by atoms with Crippen LogP contribution in [0.2, 0.25) is 0 Å². The van der Waals surface area contributed by atoms with Crippen molar-refractivity contribution in [2.24, 2.45) is 7.05 Å². The number of nitrogens with zero attached hydrogens (tertiary/aromatic N) is 5. The zero-order chi connectivity index (χ0) is 20.5. The molecule has 154 valence electrons. The van der Waals surface area contributed by atoms with Crippen LogP contribution in [0.5, 0.6) is 0 Å². The molecule has 0 saturated carbocycles. The Bertz CT molecular complexity index is 1150. The zero-order valence-electron chi connectivity index (χ0n) is 17.1. The second-order valence-corrected chi connectivity index (χ2v) is 7.93. The molecule has 1 aliphatic rings. The summed E-state index contributed by atoms with van der Waals surface area (Å²) in [6, 6.07) is 9.50. The maximum absolute atomic E-state index is 14.4. The highest BCUT2D eigenvalue weighted by atomic mass is 19.1. The second-order valence-electron chi connectivity index (χ2n) is 7.93. The molecule has 4 aromatic rings. The van der Waals surface area contributed by atoms with Crippen LogP contribution >= 0.6 is 0 Å². The van der Waals surface area contributed by atoms with Crippen molar-refractivity contribution in [2.75, 3.05) is 6.54 Å². The molecule has 1 atom stereocenters. The highest BCUT2D eigenvalue weighted by Crippen LogP contribution is 2.34. The number of pyridine rings is 1. The average Bonchev–Trinajstić information content (AvgIpc) is 3.39. The number of nitrogens with one attached hydrogen (secondary N) is 1. The molecule has 1 aliphatic carbocycles. The van der Waals surface area contributed by atoms with Crippen LogP contribution in [-0.4, -0.2) is 35.9 Å². The van der Waals surface area contributed by atoms with Crippen LogP contribution in [0, 0.1) is 5.82 Å². The summed E-state index contributed by atoms with van der Waals surface area (Å²) in [5, 5.41) is 0. The van der Waals surface area contributed by atoms with E-state index in [1.54, 1.807) is 12.4 Å². The zero-order valence-corrected chi connectivity index (χ0v) is 17.1. The summed E-state index contributed by atoms with van der Waals surface area (Å²) in [5.74, 6) is 0.627. The summed E-state index contributed by atoms with van der Waals surface area (Å²) in [5.41, 5.74) is 4.78. The number of para-hydroxylation sites is 1. The van der Waals surface area contributed by atoms with Crippen LogP contribution in [-0.2, 0) is 26.4 Å². The van der Waals surface area contributed by atoms with E-state index < -0.39 is 0 Å². The molecule has 1 aromatic carbocycles. The van der Waals surface area contributed by atoms with Gasteiger partial charge in [-0.2, -0.15) is 0 Å². The summed E-state index contributed by atoms with van der Waals surface area (Å²) in [7, 11) is 1.90. The molecule has 0 radical (unpaired) electrons. The maximum Gasteiger partial charge on any atom is 0.149 e. The van der Waals surface area contributed by atoms with Crippen LogP contribution in [0.25, 0.3) is 11.0 Å². The van der Waals surface area contributed by atoms with Gasteiger partial charge >= 0.3 is 0 Å². The first-order chi connectivity index (χ1) is 14.7. The predicted octanol–water partition coefficient (Wildman–Crippen LogP) is 3.95. The van der Waals surface area contributed by atoms with Crippen molar-refractivity contribution in [1.82, 2.24) is 29.4 Å². The Labute approximate surface area is 174 Å². The van der Waals surface area contributed by atoms with Gasteiger partial charge in [-0.05, 0) is 43.0 Å². The molecule has 0 saturated heterocycles. The van der Waals surface area contributed by atoms with Crippen LogP contribution in [0.15, 0.2) is 49.1 Å². The quantitative estimate of drug-likeness (QED) is 0.529. The fourth-order valence-corrected chi connectivity index (χ4v) is 4.56. The first-order valence-electron chi connectivity index (χ1n) is 10.5. The monoisotopic (exact) mass is 404 g/mol. The lowest BCUT2D eigenvalue weighted by Crippen LogP contribution is -2.34. The van der Waals surface area contributed by atoms with Crippen LogP contribution < -0.4 is 0 Å². The molecular weight excluding hydrogens is 379 g/mol. The third-order valence-corrected chi connectivity index (χ3v) is 6.10. The minimum absolute atomic E-state index is 0.221. The van der Waals surface area contributed by atoms with Gasteiger partial charge in [0.25, 0.3) is 0 Å². The molecule has 0 unspecified atom stereocenters. The van der Waals surface area contributed by atoms with Crippen molar-refractivity contribution in [2.45, 2.75) is 38.3 Å². The number of H-pyrrole nitrogens is 1. The van der Waals surface area contributed by atoms with E-state index in [9.17, 15) is 4.39 Å². The van der Waals surface area contributed by atoms with E-state index >= 15 is 0 Å². The molecular formula is C23H25FN6. The van der Waals surface area contributed by atoms with Crippen molar-refractivity contribution < 1.29 is 4.39 Å². The highest BCUT2D eigenvalue weighted by Gasteiger charge is 2.28. The van der Waals surface area contributed by atoms with Crippen molar-refractivity contribution in [3.05, 3.63) is 77.6 Å². The Kier molecular flexibility index (Phi) is 5.04. The molecule has 30 heavy (non-hydrogen) atoms. The highest BCUT2D eigenvalue weighted by molar-refractivity contribution is 5.76. The smallest absolute Gasteiger partial charge is 0.149 e. The Morgan fingerprint density at radius 1 is 1.23 bits per heavy atom. The molecule has 3 aromatic heterocycles. The lowest BCUT2D eigenvalue weighted by molar-refractivity contribution is 0.162. The van der Waals surface area contributed by atoms with Gasteiger partial charge in [0.1, 0.15) is 17.2 Å². The van der Waals surface area contributed by atoms with E-state index in [4.69, 9.17) is 9.97 Å². The van der Waals surface area contributed by atoms with E-state index in [1.165, 1.54) is 11.6 Å². The van der Waals surface area contributed by atoms with Gasteiger partial charge in [-0.3, -0.25) is 9.88 Å². The topological polar surface area (TPSA) is 62.6 Å². The third kappa shape index (κ3) is 3.50. The lowest BCUT2D eigenvalue weighted by atomic mass is 9.90. The predicted molar refractivity (Wildman–Crippen MR) is 113 cm³/mol. The van der Waals surface area contributed by atoms with Gasteiger partial charge in [0.05, 0.1) is 35.8 Å². The molecule has 3 heterocycles. The number of fused-ring (bicyclic) bond motifs is 2. The first-order valence-corrected chi connectivity index (χ1v) is 10.5. The van der Waals surface area contributed by atoms with Gasteiger partial charge < -0.3 is 9.55 Å². The molecule has 0 spiro atoms. The Balaban J connectivity index is 1.49. The molecule has 0 amide bonds. The number of hydrogen-bond donors (Lipinski definition) is 1. The normalized spacial score (nSPS) is 16.3. The van der Waals surface area contributed by atoms with Gasteiger partial charge in [0, 0.05) is 32.4 Å². The van der Waals surface area contributed by atoms with Gasteiger partial charge in [0.2, 0.25) is 0 Å². The molecule has 0 fully saturated rings. The number of hydrogen-bond acceptors (Lipinski definition) is 4. The van der Waals surface area contributed by atoms with Crippen molar-refractivity contribution in [3.63, 3.8) is 0 Å². The summed E-state index contributed by atoms with van der Waals surface area (Å²) >= 11 is 0. The molecule has 5 rings (SSSR count). The van der Waals surface area contributed by atoms with E-state index in [0.717, 1.165) is 49.4 Å².